The number of rotatable bonds is 4. The van der Waals surface area contributed by atoms with Crippen molar-refractivity contribution < 1.29 is 9.90 Å². The summed E-state index contributed by atoms with van der Waals surface area (Å²) in [5.41, 5.74) is 0. The van der Waals surface area contributed by atoms with Crippen molar-refractivity contribution in [1.82, 2.24) is 9.80 Å². The molecule has 2 fully saturated rings. The maximum Gasteiger partial charge on any atom is 0.239 e. The number of hydrogen-bond donors (Lipinski definition) is 1. The van der Waals surface area contributed by atoms with Gasteiger partial charge in [-0.2, -0.15) is 0 Å². The third kappa shape index (κ3) is 3.95. The lowest BCUT2D eigenvalue weighted by molar-refractivity contribution is -0.138. The minimum Gasteiger partial charge on any atom is -0.396 e. The molecule has 2 heterocycles. The smallest absolute Gasteiger partial charge is 0.239 e. The van der Waals surface area contributed by atoms with Gasteiger partial charge in [0, 0.05) is 25.7 Å². The molecule has 20 heavy (non-hydrogen) atoms. The van der Waals surface area contributed by atoms with E-state index in [4.69, 9.17) is 0 Å². The first kappa shape index (κ1) is 15.8. The number of carbonyl (C=O) groups is 1. The first-order valence-electron chi connectivity index (χ1n) is 8.39. The number of likely N-dealkylation sites (tertiary alicyclic amines) is 2. The van der Waals surface area contributed by atoms with Gasteiger partial charge in [0.1, 0.15) is 0 Å². The molecule has 0 aromatic rings. The van der Waals surface area contributed by atoms with Crippen LogP contribution in [-0.4, -0.2) is 59.1 Å². The van der Waals surface area contributed by atoms with Crippen LogP contribution in [0.2, 0.25) is 0 Å². The lowest BCUT2D eigenvalue weighted by Gasteiger charge is -2.40. The summed E-state index contributed by atoms with van der Waals surface area (Å²) in [7, 11) is 0. The average molecular weight is 282 g/mol. The van der Waals surface area contributed by atoms with E-state index in [-0.39, 0.29) is 12.6 Å². The predicted octanol–water partition coefficient (Wildman–Crippen LogP) is 2.01. The van der Waals surface area contributed by atoms with Crippen LogP contribution in [-0.2, 0) is 4.79 Å². The zero-order valence-electron chi connectivity index (χ0n) is 12.9. The molecule has 2 aliphatic heterocycles. The summed E-state index contributed by atoms with van der Waals surface area (Å²) < 4.78 is 0. The molecule has 4 heteroatoms. The van der Waals surface area contributed by atoms with E-state index in [1.165, 1.54) is 25.7 Å². The normalized spacial score (nSPS) is 27.1. The van der Waals surface area contributed by atoms with Gasteiger partial charge in [-0.3, -0.25) is 9.69 Å². The number of carbonyl (C=O) groups excluding carboxylic acids is 1. The average Bonchev–Trinajstić information content (AvgIpc) is 2.76. The molecule has 4 nitrogen and oxygen atoms in total. The number of hydrogen-bond acceptors (Lipinski definition) is 3. The zero-order chi connectivity index (χ0) is 14.4. The highest BCUT2D eigenvalue weighted by atomic mass is 16.3. The van der Waals surface area contributed by atoms with E-state index in [9.17, 15) is 9.90 Å². The van der Waals surface area contributed by atoms with Gasteiger partial charge in [0.15, 0.2) is 0 Å². The summed E-state index contributed by atoms with van der Waals surface area (Å²) >= 11 is 0. The zero-order valence-corrected chi connectivity index (χ0v) is 12.9. The van der Waals surface area contributed by atoms with Crippen molar-refractivity contribution >= 4 is 5.91 Å². The molecule has 0 bridgehead atoms. The molecule has 2 saturated heterocycles. The molecule has 0 spiro atoms. The van der Waals surface area contributed by atoms with Gasteiger partial charge in [0.05, 0.1) is 6.04 Å². The van der Waals surface area contributed by atoms with Crippen molar-refractivity contribution in [3.8, 4) is 0 Å². The Hall–Kier alpha value is -0.610. The van der Waals surface area contributed by atoms with Crippen molar-refractivity contribution in [3.05, 3.63) is 0 Å². The summed E-state index contributed by atoms with van der Waals surface area (Å²) in [5.74, 6) is 0.303. The van der Waals surface area contributed by atoms with Crippen LogP contribution in [0.15, 0.2) is 0 Å². The van der Waals surface area contributed by atoms with Gasteiger partial charge in [-0.05, 0) is 45.6 Å². The largest absolute Gasteiger partial charge is 0.396 e. The van der Waals surface area contributed by atoms with Crippen LogP contribution in [0.1, 0.15) is 58.3 Å². The van der Waals surface area contributed by atoms with Crippen molar-refractivity contribution in [3.63, 3.8) is 0 Å². The van der Waals surface area contributed by atoms with Crippen molar-refractivity contribution in [1.29, 1.82) is 0 Å². The summed E-state index contributed by atoms with van der Waals surface area (Å²) in [5, 5.41) is 9.22. The Bertz CT molecular complexity index is 299. The van der Waals surface area contributed by atoms with E-state index < -0.39 is 0 Å². The molecular formula is C16H30N2O2. The Morgan fingerprint density at radius 3 is 2.40 bits per heavy atom. The standard InChI is InChI=1S/C16H30N2O2/c1-14(16(20)17-10-5-2-3-6-11-17)18-12-7-4-8-15(18)9-13-19/h14-15,19H,2-13H2,1H3. The summed E-state index contributed by atoms with van der Waals surface area (Å²) in [6.07, 6.45) is 9.15. The van der Waals surface area contributed by atoms with Gasteiger partial charge in [-0.25, -0.2) is 0 Å². The number of aliphatic hydroxyl groups is 1. The second-order valence-electron chi connectivity index (χ2n) is 6.32. The number of piperidine rings is 1. The Morgan fingerprint density at radius 2 is 1.75 bits per heavy atom. The monoisotopic (exact) mass is 282 g/mol. The molecule has 1 amide bonds. The van der Waals surface area contributed by atoms with Gasteiger partial charge in [-0.1, -0.05) is 19.3 Å². The van der Waals surface area contributed by atoms with E-state index in [0.717, 1.165) is 45.3 Å². The molecule has 2 rings (SSSR count). The molecule has 1 N–H and O–H groups in total. The Morgan fingerprint density at radius 1 is 1.10 bits per heavy atom. The van der Waals surface area contributed by atoms with Crippen LogP contribution in [0.5, 0.6) is 0 Å². The van der Waals surface area contributed by atoms with Crippen LogP contribution in [0, 0.1) is 0 Å². The van der Waals surface area contributed by atoms with Crippen LogP contribution < -0.4 is 0 Å². The molecule has 0 radical (unpaired) electrons. The third-order valence-corrected chi connectivity index (χ3v) is 4.91. The maximum absolute atomic E-state index is 12.7. The second-order valence-corrected chi connectivity index (χ2v) is 6.32. The van der Waals surface area contributed by atoms with E-state index in [1.807, 2.05) is 0 Å². The fourth-order valence-electron chi connectivity index (χ4n) is 3.69. The molecule has 116 valence electrons. The molecular weight excluding hydrogens is 252 g/mol. The fourth-order valence-corrected chi connectivity index (χ4v) is 3.69. The molecule has 0 aliphatic carbocycles. The Labute approximate surface area is 123 Å². The third-order valence-electron chi connectivity index (χ3n) is 4.91. The van der Waals surface area contributed by atoms with E-state index in [2.05, 4.69) is 16.7 Å². The Kier molecular flexibility index (Phi) is 6.30. The highest BCUT2D eigenvalue weighted by molar-refractivity contribution is 5.81. The quantitative estimate of drug-likeness (QED) is 0.858. The highest BCUT2D eigenvalue weighted by Gasteiger charge is 2.32. The number of nitrogens with zero attached hydrogens (tertiary/aromatic N) is 2. The van der Waals surface area contributed by atoms with Crippen LogP contribution in [0.3, 0.4) is 0 Å². The number of amides is 1. The van der Waals surface area contributed by atoms with Gasteiger partial charge in [-0.15, -0.1) is 0 Å². The molecule has 0 saturated carbocycles. The highest BCUT2D eigenvalue weighted by Crippen LogP contribution is 2.23. The SMILES string of the molecule is CC(C(=O)N1CCCCCC1)N1CCCCC1CCO. The van der Waals surface area contributed by atoms with Gasteiger partial charge < -0.3 is 10.0 Å². The molecule has 0 aromatic carbocycles. The fraction of sp³-hybridized carbons (Fsp3) is 0.938. The van der Waals surface area contributed by atoms with E-state index >= 15 is 0 Å². The minimum absolute atomic E-state index is 0.0232. The molecule has 2 atom stereocenters. The van der Waals surface area contributed by atoms with Gasteiger partial charge in [0.25, 0.3) is 0 Å². The molecule has 2 aliphatic rings. The lowest BCUT2D eigenvalue weighted by atomic mass is 9.97. The molecule has 0 aromatic heterocycles. The predicted molar refractivity (Wildman–Crippen MR) is 80.6 cm³/mol. The Balaban J connectivity index is 1.96. The second kappa shape index (κ2) is 7.99. The summed E-state index contributed by atoms with van der Waals surface area (Å²) in [4.78, 5) is 17.1. The van der Waals surface area contributed by atoms with Crippen LogP contribution in [0.4, 0.5) is 0 Å². The van der Waals surface area contributed by atoms with Crippen molar-refractivity contribution in [2.24, 2.45) is 0 Å². The molecule has 2 unspecified atom stereocenters. The summed E-state index contributed by atoms with van der Waals surface area (Å²) in [6, 6.07) is 0.365. The van der Waals surface area contributed by atoms with E-state index in [1.54, 1.807) is 0 Å². The first-order chi connectivity index (χ1) is 9.74. The van der Waals surface area contributed by atoms with Crippen molar-refractivity contribution in [2.45, 2.75) is 70.4 Å². The first-order valence-corrected chi connectivity index (χ1v) is 8.39. The van der Waals surface area contributed by atoms with Gasteiger partial charge >= 0.3 is 0 Å². The minimum atomic E-state index is -0.0232. The van der Waals surface area contributed by atoms with Gasteiger partial charge in [0.2, 0.25) is 5.91 Å². The van der Waals surface area contributed by atoms with Crippen LogP contribution >= 0.6 is 0 Å². The summed E-state index contributed by atoms with van der Waals surface area (Å²) in [6.45, 7) is 5.16. The van der Waals surface area contributed by atoms with Crippen LogP contribution in [0.25, 0.3) is 0 Å². The maximum atomic E-state index is 12.7. The number of aliphatic hydroxyl groups excluding tert-OH is 1. The topological polar surface area (TPSA) is 43.8 Å². The van der Waals surface area contributed by atoms with E-state index in [0.29, 0.717) is 11.9 Å². The van der Waals surface area contributed by atoms with Crippen molar-refractivity contribution in [2.75, 3.05) is 26.2 Å². The lowest BCUT2D eigenvalue weighted by Crippen LogP contribution is -2.53.